The fourth-order valence-corrected chi connectivity index (χ4v) is 8.06. The Kier molecular flexibility index (Phi) is 8.13. The van der Waals surface area contributed by atoms with Crippen LogP contribution in [0.25, 0.3) is 54.9 Å². The molecule has 0 fully saturated rings. The summed E-state index contributed by atoms with van der Waals surface area (Å²) < 4.78 is 1.31. The lowest BCUT2D eigenvalue weighted by Gasteiger charge is -2.21. The first kappa shape index (κ1) is 30.0. The first-order valence-electron chi connectivity index (χ1n) is 16.7. The van der Waals surface area contributed by atoms with E-state index in [1.54, 1.807) is 0 Å². The Morgan fingerprint density at radius 1 is 0.729 bits per heavy atom. The Hall–Kier alpha value is -5.38. The molecule has 6 aromatic rings. The Bertz CT molecular complexity index is 2260. The molecule has 0 N–H and O–H groups in total. The van der Waals surface area contributed by atoms with E-state index in [1.807, 2.05) is 17.4 Å². The summed E-state index contributed by atoms with van der Waals surface area (Å²) in [5.74, 6) is 1.12. The van der Waals surface area contributed by atoms with Crippen molar-refractivity contribution < 1.29 is 0 Å². The number of fused-ring (bicyclic) bond motifs is 1. The summed E-state index contributed by atoms with van der Waals surface area (Å²) >= 11 is 1.86. The first-order chi connectivity index (χ1) is 23.6. The summed E-state index contributed by atoms with van der Waals surface area (Å²) in [6.45, 7) is 6.92. The van der Waals surface area contributed by atoms with Gasteiger partial charge in [-0.3, -0.25) is 0 Å². The van der Waals surface area contributed by atoms with E-state index in [4.69, 9.17) is 9.97 Å². The third-order valence-corrected chi connectivity index (χ3v) is 10.7. The van der Waals surface area contributed by atoms with Crippen LogP contribution in [0.3, 0.4) is 0 Å². The molecule has 0 saturated heterocycles. The number of allylic oxidation sites excluding steroid dienone is 8. The van der Waals surface area contributed by atoms with Gasteiger partial charge in [-0.05, 0) is 71.5 Å². The molecule has 0 radical (unpaired) electrons. The Morgan fingerprint density at radius 3 is 2.10 bits per heavy atom. The lowest BCUT2D eigenvalue weighted by atomic mass is 9.83. The Morgan fingerprint density at radius 2 is 1.40 bits per heavy atom. The van der Waals surface area contributed by atoms with E-state index in [0.717, 1.165) is 64.3 Å². The van der Waals surface area contributed by atoms with Crippen LogP contribution in [0.15, 0.2) is 158 Å². The summed E-state index contributed by atoms with van der Waals surface area (Å²) in [4.78, 5) is 11.4. The van der Waals surface area contributed by atoms with Crippen molar-refractivity contribution >= 4 is 32.6 Å². The van der Waals surface area contributed by atoms with Gasteiger partial charge < -0.3 is 0 Å². The largest absolute Gasteiger partial charge is 0.228 e. The molecule has 3 heteroatoms. The van der Waals surface area contributed by atoms with Crippen LogP contribution in [0.5, 0.6) is 0 Å². The number of hydrogen-bond acceptors (Lipinski definition) is 3. The van der Waals surface area contributed by atoms with Gasteiger partial charge in [-0.25, -0.2) is 9.97 Å². The summed E-state index contributed by atoms with van der Waals surface area (Å²) in [5.41, 5.74) is 12.4. The highest BCUT2D eigenvalue weighted by Crippen LogP contribution is 2.46. The van der Waals surface area contributed by atoms with Gasteiger partial charge in [0.25, 0.3) is 0 Å². The van der Waals surface area contributed by atoms with E-state index in [0.29, 0.717) is 5.92 Å². The van der Waals surface area contributed by atoms with Crippen LogP contribution in [0.1, 0.15) is 53.9 Å². The monoisotopic (exact) mass is 636 g/mol. The Labute approximate surface area is 286 Å². The van der Waals surface area contributed by atoms with Gasteiger partial charge in [-0.2, -0.15) is 0 Å². The standard InChI is InChI=1S/C45H36N2S/c1-30-13-9-10-18-38(30)43-39-19-11-12-20-42(39)48-44(43)31(2)32-21-25-35(26-22-32)40-29-41(47-45(46-40)37-16-7-4-8-17-37)36-27-23-34(24-28-36)33-14-5-3-6-15-33/h3,5-7,9-17,19-29,38H,2,4,8,18H2,1H3. The van der Waals surface area contributed by atoms with Gasteiger partial charge in [-0.1, -0.05) is 146 Å². The van der Waals surface area contributed by atoms with Gasteiger partial charge in [0.05, 0.1) is 11.4 Å². The van der Waals surface area contributed by atoms with Crippen molar-refractivity contribution in [2.75, 3.05) is 0 Å². The predicted octanol–water partition coefficient (Wildman–Crippen LogP) is 12.5. The third kappa shape index (κ3) is 5.83. The minimum atomic E-state index is 0.361. The van der Waals surface area contributed by atoms with Gasteiger partial charge in [0.15, 0.2) is 5.82 Å². The van der Waals surface area contributed by atoms with Crippen molar-refractivity contribution in [3.8, 4) is 33.6 Å². The molecule has 2 nitrogen and oxygen atoms in total. The van der Waals surface area contributed by atoms with Crippen molar-refractivity contribution in [1.82, 2.24) is 9.97 Å². The highest BCUT2D eigenvalue weighted by atomic mass is 32.1. The molecule has 2 aliphatic carbocycles. The molecule has 2 aliphatic rings. The lowest BCUT2D eigenvalue weighted by molar-refractivity contribution is 0.805. The van der Waals surface area contributed by atoms with Crippen LogP contribution in [-0.2, 0) is 0 Å². The molecule has 0 bridgehead atoms. The molecular weight excluding hydrogens is 601 g/mol. The second-order valence-corrected chi connectivity index (χ2v) is 13.6. The van der Waals surface area contributed by atoms with Gasteiger partial charge in [0, 0.05) is 32.2 Å². The number of nitrogens with zero attached hydrogens (tertiary/aromatic N) is 2. The van der Waals surface area contributed by atoms with Gasteiger partial charge in [0.1, 0.15) is 0 Å². The highest BCUT2D eigenvalue weighted by molar-refractivity contribution is 7.20. The quantitative estimate of drug-likeness (QED) is 0.174. The molecular formula is C45H36N2S. The maximum Gasteiger partial charge on any atom is 0.160 e. The zero-order valence-electron chi connectivity index (χ0n) is 27.1. The van der Waals surface area contributed by atoms with Crippen molar-refractivity contribution in [3.05, 3.63) is 180 Å². The second-order valence-electron chi connectivity index (χ2n) is 12.6. The molecule has 8 rings (SSSR count). The van der Waals surface area contributed by atoms with Crippen LogP contribution in [0, 0.1) is 0 Å². The lowest BCUT2D eigenvalue weighted by Crippen LogP contribution is -2.04. The summed E-state index contributed by atoms with van der Waals surface area (Å²) in [6, 6.07) is 38.8. The van der Waals surface area contributed by atoms with Gasteiger partial charge in [-0.15, -0.1) is 11.3 Å². The normalized spacial score (nSPS) is 15.7. The topological polar surface area (TPSA) is 25.8 Å². The molecule has 1 unspecified atom stereocenters. The van der Waals surface area contributed by atoms with E-state index < -0.39 is 0 Å². The number of aromatic nitrogens is 2. The third-order valence-electron chi connectivity index (χ3n) is 9.47. The first-order valence-corrected chi connectivity index (χ1v) is 17.5. The second kappa shape index (κ2) is 13.0. The average molecular weight is 637 g/mol. The van der Waals surface area contributed by atoms with E-state index in [1.165, 1.54) is 37.2 Å². The summed E-state index contributed by atoms with van der Waals surface area (Å²) in [7, 11) is 0. The number of thiophene rings is 1. The number of rotatable bonds is 7. The summed E-state index contributed by atoms with van der Waals surface area (Å²) in [5, 5.41) is 1.34. The molecule has 232 valence electrons. The van der Waals surface area contributed by atoms with Crippen LogP contribution in [-0.4, -0.2) is 9.97 Å². The van der Waals surface area contributed by atoms with Crippen LogP contribution >= 0.6 is 11.3 Å². The van der Waals surface area contributed by atoms with E-state index >= 15 is 0 Å². The smallest absolute Gasteiger partial charge is 0.160 e. The number of hydrogen-bond donors (Lipinski definition) is 0. The molecule has 4 aromatic carbocycles. The zero-order valence-corrected chi connectivity index (χ0v) is 27.9. The average Bonchev–Trinajstić information content (AvgIpc) is 3.55. The fourth-order valence-electron chi connectivity index (χ4n) is 6.81. The zero-order chi connectivity index (χ0) is 32.5. The van der Waals surface area contributed by atoms with Crippen LogP contribution in [0.4, 0.5) is 0 Å². The Balaban J connectivity index is 1.15. The molecule has 0 aliphatic heterocycles. The van der Waals surface area contributed by atoms with Gasteiger partial charge >= 0.3 is 0 Å². The van der Waals surface area contributed by atoms with E-state index in [-0.39, 0.29) is 0 Å². The SMILES string of the molecule is C=C(c1ccc(-c2cc(-c3ccc(-c4ccccc4)cc3)nc(C3=CCCC=C3)n2)cc1)c1sc2ccccc2c1C1CC=CC=C1C. The molecule has 2 heterocycles. The molecule has 2 aromatic heterocycles. The number of benzene rings is 4. The molecule has 48 heavy (non-hydrogen) atoms. The molecule has 1 atom stereocenters. The van der Waals surface area contributed by atoms with Crippen LogP contribution in [0.2, 0.25) is 0 Å². The maximum absolute atomic E-state index is 5.10. The van der Waals surface area contributed by atoms with Crippen molar-refractivity contribution in [3.63, 3.8) is 0 Å². The minimum absolute atomic E-state index is 0.361. The maximum atomic E-state index is 5.10. The van der Waals surface area contributed by atoms with Crippen molar-refractivity contribution in [1.29, 1.82) is 0 Å². The summed E-state index contributed by atoms with van der Waals surface area (Å²) in [6.07, 6.45) is 16.4. The molecule has 0 amide bonds. The van der Waals surface area contributed by atoms with Crippen molar-refractivity contribution in [2.45, 2.75) is 32.1 Å². The molecule has 0 saturated carbocycles. The van der Waals surface area contributed by atoms with Crippen LogP contribution < -0.4 is 0 Å². The fraction of sp³-hybridized carbons (Fsp3) is 0.111. The van der Waals surface area contributed by atoms with Crippen molar-refractivity contribution in [2.24, 2.45) is 0 Å². The molecule has 0 spiro atoms. The van der Waals surface area contributed by atoms with E-state index in [9.17, 15) is 0 Å². The predicted molar refractivity (Wildman–Crippen MR) is 205 cm³/mol. The minimum Gasteiger partial charge on any atom is -0.228 e. The van der Waals surface area contributed by atoms with E-state index in [2.05, 4.69) is 153 Å². The van der Waals surface area contributed by atoms with Gasteiger partial charge in [0.2, 0.25) is 0 Å². The highest BCUT2D eigenvalue weighted by Gasteiger charge is 2.24.